The highest BCUT2D eigenvalue weighted by Crippen LogP contribution is 2.35. The summed E-state index contributed by atoms with van der Waals surface area (Å²) in [4.78, 5) is 3.15. The van der Waals surface area contributed by atoms with E-state index in [0.717, 1.165) is 18.4 Å². The van der Waals surface area contributed by atoms with Gasteiger partial charge in [0.15, 0.2) is 0 Å². The van der Waals surface area contributed by atoms with Crippen molar-refractivity contribution in [3.05, 3.63) is 21.9 Å². The fraction of sp³-hybridized carbons (Fsp3) is 0.733. The molecular formula is C15H25NS. The zero-order valence-corrected chi connectivity index (χ0v) is 12.0. The lowest BCUT2D eigenvalue weighted by molar-refractivity contribution is 0.370. The Morgan fingerprint density at radius 2 is 1.94 bits per heavy atom. The van der Waals surface area contributed by atoms with E-state index in [1.807, 2.05) is 11.3 Å². The largest absolute Gasteiger partial charge is 0.317 e. The zero-order chi connectivity index (χ0) is 12.1. The van der Waals surface area contributed by atoms with Crippen molar-refractivity contribution in [3.63, 3.8) is 0 Å². The number of hydrogen-bond donors (Lipinski definition) is 1. The maximum absolute atomic E-state index is 3.53. The summed E-state index contributed by atoms with van der Waals surface area (Å²) in [6, 6.07) is 4.67. The lowest BCUT2D eigenvalue weighted by atomic mass is 9.92. The van der Waals surface area contributed by atoms with Crippen molar-refractivity contribution in [2.45, 2.75) is 46.0 Å². The van der Waals surface area contributed by atoms with Crippen LogP contribution in [0.25, 0.3) is 0 Å². The SMILES string of the molecule is CCNCC1CCCC1Cc1ccc(CC)s1. The summed E-state index contributed by atoms with van der Waals surface area (Å²) in [5, 5.41) is 3.53. The van der Waals surface area contributed by atoms with Gasteiger partial charge in [0.2, 0.25) is 0 Å². The van der Waals surface area contributed by atoms with E-state index in [1.54, 1.807) is 9.75 Å². The summed E-state index contributed by atoms with van der Waals surface area (Å²) in [6.45, 7) is 6.80. The molecule has 0 radical (unpaired) electrons. The Morgan fingerprint density at radius 3 is 2.65 bits per heavy atom. The molecule has 1 aromatic rings. The fourth-order valence-corrected chi connectivity index (χ4v) is 4.01. The van der Waals surface area contributed by atoms with Gasteiger partial charge in [-0.25, -0.2) is 0 Å². The van der Waals surface area contributed by atoms with Gasteiger partial charge in [-0.15, -0.1) is 11.3 Å². The van der Waals surface area contributed by atoms with Crippen LogP contribution < -0.4 is 5.32 Å². The Balaban J connectivity index is 1.88. The summed E-state index contributed by atoms with van der Waals surface area (Å²) in [6.07, 6.45) is 6.82. The molecule has 1 N–H and O–H groups in total. The predicted octanol–water partition coefficient (Wildman–Crippen LogP) is 3.88. The van der Waals surface area contributed by atoms with Gasteiger partial charge in [-0.2, -0.15) is 0 Å². The second kappa shape index (κ2) is 6.55. The van der Waals surface area contributed by atoms with Gasteiger partial charge in [0, 0.05) is 9.75 Å². The summed E-state index contributed by atoms with van der Waals surface area (Å²) in [5.74, 6) is 1.85. The molecule has 2 unspecified atom stereocenters. The van der Waals surface area contributed by atoms with Crippen molar-refractivity contribution < 1.29 is 0 Å². The molecule has 1 aliphatic rings. The molecule has 0 saturated heterocycles. The van der Waals surface area contributed by atoms with Crippen molar-refractivity contribution in [1.29, 1.82) is 0 Å². The highest BCUT2D eigenvalue weighted by Gasteiger charge is 2.27. The quantitative estimate of drug-likeness (QED) is 0.809. The molecule has 1 nitrogen and oxygen atoms in total. The van der Waals surface area contributed by atoms with E-state index in [-0.39, 0.29) is 0 Å². The molecular weight excluding hydrogens is 226 g/mol. The van der Waals surface area contributed by atoms with Gasteiger partial charge in [0.05, 0.1) is 0 Å². The molecule has 17 heavy (non-hydrogen) atoms. The predicted molar refractivity (Wildman–Crippen MR) is 76.8 cm³/mol. The molecule has 0 aromatic carbocycles. The first-order chi connectivity index (χ1) is 8.33. The standard InChI is InChI=1S/C15H25NS/c1-3-14-8-9-15(17-14)10-12-6-5-7-13(12)11-16-4-2/h8-9,12-13,16H,3-7,10-11H2,1-2H3. The van der Waals surface area contributed by atoms with Crippen molar-refractivity contribution in [2.75, 3.05) is 13.1 Å². The van der Waals surface area contributed by atoms with Crippen LogP contribution in [0, 0.1) is 11.8 Å². The molecule has 2 rings (SSSR count). The molecule has 0 spiro atoms. The zero-order valence-electron chi connectivity index (χ0n) is 11.2. The number of hydrogen-bond acceptors (Lipinski definition) is 2. The molecule has 2 atom stereocenters. The summed E-state index contributed by atoms with van der Waals surface area (Å²) in [7, 11) is 0. The maximum Gasteiger partial charge on any atom is 0.00510 e. The number of thiophene rings is 1. The molecule has 0 amide bonds. The molecule has 2 heteroatoms. The van der Waals surface area contributed by atoms with Crippen LogP contribution in [0.3, 0.4) is 0 Å². The Kier molecular flexibility index (Phi) is 5.05. The van der Waals surface area contributed by atoms with Crippen molar-refractivity contribution in [1.82, 2.24) is 5.32 Å². The van der Waals surface area contributed by atoms with E-state index in [1.165, 1.54) is 38.6 Å². The Hall–Kier alpha value is -0.340. The van der Waals surface area contributed by atoms with Crippen molar-refractivity contribution in [3.8, 4) is 0 Å². The third-order valence-corrected chi connectivity index (χ3v) is 5.25. The third-order valence-electron chi connectivity index (χ3n) is 4.00. The number of rotatable bonds is 6. The van der Waals surface area contributed by atoms with Gasteiger partial charge in [-0.05, 0) is 62.7 Å². The molecule has 1 aliphatic carbocycles. The van der Waals surface area contributed by atoms with Crippen LogP contribution in [0.5, 0.6) is 0 Å². The van der Waals surface area contributed by atoms with E-state index < -0.39 is 0 Å². The lowest BCUT2D eigenvalue weighted by Gasteiger charge is -2.19. The van der Waals surface area contributed by atoms with Crippen LogP contribution in [0.1, 0.15) is 42.9 Å². The molecule has 0 bridgehead atoms. The van der Waals surface area contributed by atoms with Crippen LogP contribution >= 0.6 is 11.3 Å². The van der Waals surface area contributed by atoms with Crippen LogP contribution in [0.15, 0.2) is 12.1 Å². The van der Waals surface area contributed by atoms with Crippen LogP contribution in [0.4, 0.5) is 0 Å². The van der Waals surface area contributed by atoms with Crippen LogP contribution in [0.2, 0.25) is 0 Å². The van der Waals surface area contributed by atoms with Gasteiger partial charge < -0.3 is 5.32 Å². The van der Waals surface area contributed by atoms with Gasteiger partial charge in [-0.1, -0.05) is 20.3 Å². The second-order valence-corrected chi connectivity index (χ2v) is 6.44. The molecule has 1 fully saturated rings. The number of nitrogens with one attached hydrogen (secondary N) is 1. The Labute approximate surface area is 110 Å². The normalized spacial score (nSPS) is 24.4. The second-order valence-electron chi connectivity index (χ2n) is 5.18. The minimum absolute atomic E-state index is 0.919. The average molecular weight is 251 g/mol. The minimum Gasteiger partial charge on any atom is -0.317 e. The Morgan fingerprint density at radius 1 is 1.18 bits per heavy atom. The lowest BCUT2D eigenvalue weighted by Crippen LogP contribution is -2.25. The highest BCUT2D eigenvalue weighted by atomic mass is 32.1. The number of aryl methyl sites for hydroxylation is 1. The maximum atomic E-state index is 3.53. The molecule has 1 heterocycles. The molecule has 96 valence electrons. The summed E-state index contributed by atoms with van der Waals surface area (Å²) >= 11 is 2.03. The van der Waals surface area contributed by atoms with Crippen LogP contribution in [-0.2, 0) is 12.8 Å². The van der Waals surface area contributed by atoms with Gasteiger partial charge in [-0.3, -0.25) is 0 Å². The molecule has 1 aromatic heterocycles. The highest BCUT2D eigenvalue weighted by molar-refractivity contribution is 7.11. The minimum atomic E-state index is 0.919. The summed E-state index contributed by atoms with van der Waals surface area (Å²) < 4.78 is 0. The summed E-state index contributed by atoms with van der Waals surface area (Å²) in [5.41, 5.74) is 0. The van der Waals surface area contributed by atoms with Crippen LogP contribution in [-0.4, -0.2) is 13.1 Å². The van der Waals surface area contributed by atoms with Gasteiger partial charge in [0.1, 0.15) is 0 Å². The first kappa shape index (κ1) is 13.1. The first-order valence-electron chi connectivity index (χ1n) is 7.11. The first-order valence-corrected chi connectivity index (χ1v) is 7.93. The topological polar surface area (TPSA) is 12.0 Å². The molecule has 0 aliphatic heterocycles. The Bertz CT molecular complexity index is 331. The smallest absolute Gasteiger partial charge is 0.00510 e. The van der Waals surface area contributed by atoms with E-state index in [4.69, 9.17) is 0 Å². The van der Waals surface area contributed by atoms with Gasteiger partial charge >= 0.3 is 0 Å². The van der Waals surface area contributed by atoms with Crippen molar-refractivity contribution >= 4 is 11.3 Å². The molecule has 1 saturated carbocycles. The van der Waals surface area contributed by atoms with E-state index in [9.17, 15) is 0 Å². The van der Waals surface area contributed by atoms with E-state index in [2.05, 4.69) is 31.3 Å². The fourth-order valence-electron chi connectivity index (χ4n) is 2.96. The monoisotopic (exact) mass is 251 g/mol. The third kappa shape index (κ3) is 3.56. The van der Waals surface area contributed by atoms with Gasteiger partial charge in [0.25, 0.3) is 0 Å². The average Bonchev–Trinajstić information content (AvgIpc) is 2.96. The van der Waals surface area contributed by atoms with E-state index in [0.29, 0.717) is 0 Å². The van der Waals surface area contributed by atoms with Crippen molar-refractivity contribution in [2.24, 2.45) is 11.8 Å². The van der Waals surface area contributed by atoms with E-state index >= 15 is 0 Å².